The van der Waals surface area contributed by atoms with Gasteiger partial charge in [0.05, 0.1) is 0 Å². The van der Waals surface area contributed by atoms with E-state index in [1.165, 1.54) is 12.8 Å². The van der Waals surface area contributed by atoms with Crippen molar-refractivity contribution in [3.8, 4) is 11.5 Å². The van der Waals surface area contributed by atoms with Gasteiger partial charge in [-0.05, 0) is 44.3 Å². The standard InChI is InChI=1S/C19H27NO3/c1-4-5-6-7-16(13-20(2)3)17(21)10-8-15-9-11-18-19(12-15)23-14-22-18/h8-12,16H,4-7,13-14H2,1-3H3/b10-8-/t16-/m0/s1. The number of benzene rings is 1. The minimum atomic E-state index is 0.0711. The molecule has 0 bridgehead atoms. The highest BCUT2D eigenvalue weighted by Gasteiger charge is 2.17. The molecule has 4 heteroatoms. The first kappa shape index (κ1) is 17.5. The van der Waals surface area contributed by atoms with Crippen molar-refractivity contribution in [2.24, 2.45) is 5.92 Å². The van der Waals surface area contributed by atoms with Gasteiger partial charge in [0, 0.05) is 12.5 Å². The monoisotopic (exact) mass is 317 g/mol. The van der Waals surface area contributed by atoms with Crippen LogP contribution in [0.1, 0.15) is 38.2 Å². The van der Waals surface area contributed by atoms with E-state index in [-0.39, 0.29) is 18.5 Å². The highest BCUT2D eigenvalue weighted by atomic mass is 16.7. The maximum absolute atomic E-state index is 12.5. The summed E-state index contributed by atoms with van der Waals surface area (Å²) in [6, 6.07) is 5.73. The second kappa shape index (κ2) is 8.73. The first-order valence-corrected chi connectivity index (χ1v) is 8.36. The lowest BCUT2D eigenvalue weighted by molar-refractivity contribution is -0.118. The molecule has 0 aliphatic carbocycles. The Morgan fingerprint density at radius 1 is 1.26 bits per heavy atom. The van der Waals surface area contributed by atoms with Crippen molar-refractivity contribution < 1.29 is 14.3 Å². The average Bonchev–Trinajstić information content (AvgIpc) is 2.99. The lowest BCUT2D eigenvalue weighted by Gasteiger charge is -2.18. The third kappa shape index (κ3) is 5.39. The fourth-order valence-corrected chi connectivity index (χ4v) is 2.74. The lowest BCUT2D eigenvalue weighted by Crippen LogP contribution is -2.27. The van der Waals surface area contributed by atoms with Crippen molar-refractivity contribution in [1.82, 2.24) is 4.90 Å². The summed E-state index contributed by atoms with van der Waals surface area (Å²) >= 11 is 0. The van der Waals surface area contributed by atoms with Crippen LogP contribution in [0.2, 0.25) is 0 Å². The zero-order valence-corrected chi connectivity index (χ0v) is 14.4. The molecule has 4 nitrogen and oxygen atoms in total. The predicted octanol–water partition coefficient (Wildman–Crippen LogP) is 3.76. The molecule has 0 unspecified atom stereocenters. The molecule has 1 heterocycles. The fourth-order valence-electron chi connectivity index (χ4n) is 2.74. The van der Waals surface area contributed by atoms with Crippen LogP contribution in [-0.2, 0) is 4.79 Å². The summed E-state index contributed by atoms with van der Waals surface area (Å²) in [6.07, 6.45) is 8.00. The third-order valence-electron chi connectivity index (χ3n) is 3.98. The van der Waals surface area contributed by atoms with E-state index >= 15 is 0 Å². The smallest absolute Gasteiger partial charge is 0.231 e. The molecule has 1 atom stereocenters. The Kier molecular flexibility index (Phi) is 6.66. The molecule has 1 aliphatic rings. The van der Waals surface area contributed by atoms with Gasteiger partial charge in [0.25, 0.3) is 0 Å². The molecule has 1 aromatic rings. The molecule has 0 saturated carbocycles. The van der Waals surface area contributed by atoms with Crippen LogP contribution in [0.4, 0.5) is 0 Å². The second-order valence-corrected chi connectivity index (χ2v) is 6.30. The Morgan fingerprint density at radius 2 is 2.04 bits per heavy atom. The van der Waals surface area contributed by atoms with Crippen LogP contribution >= 0.6 is 0 Å². The number of fused-ring (bicyclic) bond motifs is 1. The number of carbonyl (C=O) groups excluding carboxylic acids is 1. The topological polar surface area (TPSA) is 38.8 Å². The van der Waals surface area contributed by atoms with E-state index in [4.69, 9.17) is 9.47 Å². The summed E-state index contributed by atoms with van der Waals surface area (Å²) in [5.74, 6) is 1.78. The number of carbonyl (C=O) groups is 1. The summed E-state index contributed by atoms with van der Waals surface area (Å²) in [6.45, 7) is 3.25. The van der Waals surface area contributed by atoms with Gasteiger partial charge >= 0.3 is 0 Å². The molecule has 0 aromatic heterocycles. The Balaban J connectivity index is 1.98. The molecule has 0 spiro atoms. The van der Waals surface area contributed by atoms with Crippen molar-refractivity contribution >= 4 is 11.9 Å². The quantitative estimate of drug-likeness (QED) is 0.513. The molecule has 0 radical (unpaired) electrons. The lowest BCUT2D eigenvalue weighted by atomic mass is 9.95. The van der Waals surface area contributed by atoms with Crippen LogP contribution in [0, 0.1) is 5.92 Å². The summed E-state index contributed by atoms with van der Waals surface area (Å²) < 4.78 is 10.7. The number of ketones is 1. The van der Waals surface area contributed by atoms with Crippen molar-refractivity contribution in [2.45, 2.75) is 32.6 Å². The van der Waals surface area contributed by atoms with Crippen LogP contribution in [0.15, 0.2) is 24.3 Å². The minimum absolute atomic E-state index is 0.0711. The van der Waals surface area contributed by atoms with Gasteiger partial charge < -0.3 is 14.4 Å². The normalized spacial score (nSPS) is 14.6. The number of ether oxygens (including phenoxy) is 2. The average molecular weight is 317 g/mol. The number of allylic oxidation sites excluding steroid dienone is 1. The van der Waals surface area contributed by atoms with Gasteiger partial charge in [-0.3, -0.25) is 4.79 Å². The first-order chi connectivity index (χ1) is 11.1. The zero-order chi connectivity index (χ0) is 16.7. The number of rotatable bonds is 9. The van der Waals surface area contributed by atoms with E-state index in [2.05, 4.69) is 11.8 Å². The maximum Gasteiger partial charge on any atom is 0.231 e. The Hall–Kier alpha value is -1.81. The molecule has 2 rings (SSSR count). The molecule has 1 aliphatic heterocycles. The molecular formula is C19H27NO3. The summed E-state index contributed by atoms with van der Waals surface area (Å²) in [5.41, 5.74) is 0.958. The van der Waals surface area contributed by atoms with E-state index in [0.29, 0.717) is 0 Å². The van der Waals surface area contributed by atoms with Crippen LogP contribution in [0.5, 0.6) is 11.5 Å². The minimum Gasteiger partial charge on any atom is -0.454 e. The Bertz CT molecular complexity index is 552. The van der Waals surface area contributed by atoms with Crippen molar-refractivity contribution in [2.75, 3.05) is 27.4 Å². The molecule has 0 amide bonds. The van der Waals surface area contributed by atoms with Crippen LogP contribution in [0.25, 0.3) is 6.08 Å². The number of hydrogen-bond acceptors (Lipinski definition) is 4. The molecule has 1 aromatic carbocycles. The SMILES string of the molecule is CCCCC[C@@H](CN(C)C)C(=O)/C=C\c1ccc2c(c1)OCO2. The first-order valence-electron chi connectivity index (χ1n) is 8.36. The van der Waals surface area contributed by atoms with Gasteiger partial charge in [0.2, 0.25) is 6.79 Å². The summed E-state index contributed by atoms with van der Waals surface area (Å²) in [5, 5.41) is 0. The van der Waals surface area contributed by atoms with Gasteiger partial charge in [-0.25, -0.2) is 0 Å². The maximum atomic E-state index is 12.5. The van der Waals surface area contributed by atoms with E-state index in [9.17, 15) is 4.79 Å². The molecule has 126 valence electrons. The number of unbranched alkanes of at least 4 members (excludes halogenated alkanes) is 2. The predicted molar refractivity (Wildman–Crippen MR) is 92.8 cm³/mol. The van der Waals surface area contributed by atoms with Crippen molar-refractivity contribution in [3.05, 3.63) is 29.8 Å². The van der Waals surface area contributed by atoms with Crippen molar-refractivity contribution in [1.29, 1.82) is 0 Å². The highest BCUT2D eigenvalue weighted by Crippen LogP contribution is 2.32. The highest BCUT2D eigenvalue weighted by molar-refractivity contribution is 5.95. The van der Waals surface area contributed by atoms with Crippen molar-refractivity contribution in [3.63, 3.8) is 0 Å². The third-order valence-corrected chi connectivity index (χ3v) is 3.98. The second-order valence-electron chi connectivity index (χ2n) is 6.30. The Morgan fingerprint density at radius 3 is 2.78 bits per heavy atom. The van der Waals surface area contributed by atoms with Gasteiger partial charge in [-0.2, -0.15) is 0 Å². The van der Waals surface area contributed by atoms with E-state index < -0.39 is 0 Å². The molecular weight excluding hydrogens is 290 g/mol. The fraction of sp³-hybridized carbons (Fsp3) is 0.526. The molecule has 0 fully saturated rings. The summed E-state index contributed by atoms with van der Waals surface area (Å²) in [7, 11) is 4.03. The summed E-state index contributed by atoms with van der Waals surface area (Å²) in [4.78, 5) is 14.6. The van der Waals surface area contributed by atoms with Gasteiger partial charge in [0.1, 0.15) is 0 Å². The van der Waals surface area contributed by atoms with Gasteiger partial charge in [-0.15, -0.1) is 0 Å². The number of hydrogen-bond donors (Lipinski definition) is 0. The molecule has 0 N–H and O–H groups in total. The van der Waals surface area contributed by atoms with E-state index in [1.807, 2.05) is 38.4 Å². The van der Waals surface area contributed by atoms with Crippen LogP contribution in [-0.4, -0.2) is 38.1 Å². The van der Waals surface area contributed by atoms with E-state index in [0.717, 1.165) is 36.4 Å². The molecule has 23 heavy (non-hydrogen) atoms. The van der Waals surface area contributed by atoms with Crippen LogP contribution < -0.4 is 9.47 Å². The van der Waals surface area contributed by atoms with Gasteiger partial charge in [-0.1, -0.05) is 38.3 Å². The molecule has 0 saturated heterocycles. The van der Waals surface area contributed by atoms with Crippen LogP contribution in [0.3, 0.4) is 0 Å². The zero-order valence-electron chi connectivity index (χ0n) is 14.4. The van der Waals surface area contributed by atoms with Gasteiger partial charge in [0.15, 0.2) is 17.3 Å². The van der Waals surface area contributed by atoms with E-state index in [1.54, 1.807) is 6.08 Å². The largest absolute Gasteiger partial charge is 0.454 e. The number of nitrogens with zero attached hydrogens (tertiary/aromatic N) is 1. The Labute approximate surface area is 139 Å².